The van der Waals surface area contributed by atoms with Crippen molar-refractivity contribution in [2.24, 2.45) is 0 Å². The summed E-state index contributed by atoms with van der Waals surface area (Å²) in [5.74, 6) is 1.55. The van der Waals surface area contributed by atoms with Crippen molar-refractivity contribution >= 4 is 11.8 Å². The number of carbonyl (C=O) groups is 2. The van der Waals surface area contributed by atoms with Gasteiger partial charge in [0.05, 0.1) is 33.3 Å². The summed E-state index contributed by atoms with van der Waals surface area (Å²) in [5, 5.41) is 15.7. The zero-order valence-electron chi connectivity index (χ0n) is 22.5. The van der Waals surface area contributed by atoms with Gasteiger partial charge in [0, 0.05) is 11.6 Å². The molecule has 2 amide bonds. The molecule has 40 heavy (non-hydrogen) atoms. The molecular weight excluding hydrogens is 516 g/mol. The van der Waals surface area contributed by atoms with Crippen LogP contribution in [0.2, 0.25) is 0 Å². The van der Waals surface area contributed by atoms with Crippen molar-refractivity contribution in [3.8, 4) is 22.9 Å². The first-order valence-electron chi connectivity index (χ1n) is 13.2. The van der Waals surface area contributed by atoms with Gasteiger partial charge in [-0.3, -0.25) is 9.59 Å². The monoisotopic (exact) mass is 548 g/mol. The summed E-state index contributed by atoms with van der Waals surface area (Å²) in [5.41, 5.74) is 0.643. The molecule has 0 saturated heterocycles. The van der Waals surface area contributed by atoms with Crippen molar-refractivity contribution in [1.82, 2.24) is 30.4 Å². The van der Waals surface area contributed by atoms with Crippen molar-refractivity contribution in [2.45, 2.75) is 57.3 Å². The average Bonchev–Trinajstić information content (AvgIpc) is 3.77. The Balaban J connectivity index is 1.40. The van der Waals surface area contributed by atoms with Crippen molar-refractivity contribution in [3.05, 3.63) is 66.5 Å². The Bertz CT molecular complexity index is 1390. The molecule has 0 radical (unpaired) electrons. The zero-order chi connectivity index (χ0) is 27.9. The molecule has 1 N–H and O–H groups in total. The summed E-state index contributed by atoms with van der Waals surface area (Å²) < 4.78 is 21.8. The van der Waals surface area contributed by atoms with Crippen molar-refractivity contribution in [3.63, 3.8) is 0 Å². The van der Waals surface area contributed by atoms with Gasteiger partial charge < -0.3 is 28.5 Å². The number of benzene rings is 1. The first-order chi connectivity index (χ1) is 19.6. The predicted octanol–water partition coefficient (Wildman–Crippen LogP) is 3.76. The molecule has 1 fully saturated rings. The van der Waals surface area contributed by atoms with Crippen LogP contribution < -0.4 is 14.8 Å². The standard InChI is InChI=1S/C28H32N6O6/c1-37-22-13-12-19(16-24(22)38-2)27-30-32-34(31-27)18-25(35)33(17-21-10-6-14-39-21)26(23-11-7-15-40-23)28(36)29-20-8-4-3-5-9-20/h6-7,10-16,20,26H,3-5,8-9,17-18H2,1-2H3,(H,29,36)/t26-/m1/s1. The summed E-state index contributed by atoms with van der Waals surface area (Å²) in [7, 11) is 3.09. The molecule has 1 aliphatic carbocycles. The van der Waals surface area contributed by atoms with Crippen molar-refractivity contribution in [1.29, 1.82) is 0 Å². The maximum absolute atomic E-state index is 13.8. The normalized spacial score (nSPS) is 14.4. The minimum Gasteiger partial charge on any atom is -0.493 e. The fourth-order valence-electron chi connectivity index (χ4n) is 4.91. The molecule has 1 aliphatic rings. The van der Waals surface area contributed by atoms with Gasteiger partial charge in [0.25, 0.3) is 5.91 Å². The highest BCUT2D eigenvalue weighted by atomic mass is 16.5. The van der Waals surface area contributed by atoms with Gasteiger partial charge in [0.2, 0.25) is 11.7 Å². The van der Waals surface area contributed by atoms with E-state index in [2.05, 4.69) is 20.7 Å². The maximum Gasteiger partial charge on any atom is 0.250 e. The van der Waals surface area contributed by atoms with E-state index in [1.165, 1.54) is 29.3 Å². The van der Waals surface area contributed by atoms with E-state index in [9.17, 15) is 9.59 Å². The number of hydrogen-bond donors (Lipinski definition) is 1. The summed E-state index contributed by atoms with van der Waals surface area (Å²) >= 11 is 0. The number of tetrazole rings is 1. The Morgan fingerprint density at radius 2 is 1.82 bits per heavy atom. The molecule has 0 unspecified atom stereocenters. The molecular formula is C28H32N6O6. The van der Waals surface area contributed by atoms with Gasteiger partial charge in [-0.25, -0.2) is 0 Å². The molecule has 1 atom stereocenters. The quantitative estimate of drug-likeness (QED) is 0.297. The van der Waals surface area contributed by atoms with Crippen LogP contribution in [0.1, 0.15) is 49.7 Å². The number of ether oxygens (including phenoxy) is 2. The minimum absolute atomic E-state index is 0.0481. The van der Waals surface area contributed by atoms with Crippen LogP contribution >= 0.6 is 0 Å². The zero-order valence-corrected chi connectivity index (χ0v) is 22.5. The van der Waals surface area contributed by atoms with E-state index in [4.69, 9.17) is 18.3 Å². The van der Waals surface area contributed by atoms with Crippen molar-refractivity contribution < 1.29 is 27.9 Å². The SMILES string of the molecule is COc1ccc(-c2nnn(CC(=O)N(Cc3ccco3)[C@@H](C(=O)NC3CCCCC3)c3ccco3)n2)cc1OC. The maximum atomic E-state index is 13.8. The molecule has 5 rings (SSSR count). The molecule has 210 valence electrons. The molecule has 0 bridgehead atoms. The summed E-state index contributed by atoms with van der Waals surface area (Å²) in [4.78, 5) is 30.1. The van der Waals surface area contributed by atoms with Crippen LogP contribution in [0.4, 0.5) is 0 Å². The van der Waals surface area contributed by atoms with E-state index in [1.807, 2.05) is 0 Å². The number of hydrogen-bond acceptors (Lipinski definition) is 9. The Hall–Kier alpha value is -4.61. The molecule has 3 heterocycles. The van der Waals surface area contributed by atoms with Crippen LogP contribution in [0.15, 0.2) is 63.8 Å². The predicted molar refractivity (Wildman–Crippen MR) is 142 cm³/mol. The fourth-order valence-corrected chi connectivity index (χ4v) is 4.91. The molecule has 1 aromatic carbocycles. The highest BCUT2D eigenvalue weighted by Crippen LogP contribution is 2.31. The first kappa shape index (κ1) is 27.0. The average molecular weight is 549 g/mol. The van der Waals surface area contributed by atoms with Crippen LogP contribution in [0.25, 0.3) is 11.4 Å². The lowest BCUT2D eigenvalue weighted by Crippen LogP contribution is -2.47. The molecule has 1 saturated carbocycles. The Morgan fingerprint density at radius 3 is 2.52 bits per heavy atom. The van der Waals surface area contributed by atoms with E-state index in [0.717, 1.165) is 32.1 Å². The van der Waals surface area contributed by atoms with Crippen LogP contribution in [0, 0.1) is 0 Å². The molecule has 0 aliphatic heterocycles. The lowest BCUT2D eigenvalue weighted by molar-refractivity contribution is -0.143. The molecule has 4 aromatic rings. The van der Waals surface area contributed by atoms with E-state index in [1.54, 1.807) is 49.6 Å². The van der Waals surface area contributed by atoms with E-state index < -0.39 is 11.9 Å². The second kappa shape index (κ2) is 12.5. The van der Waals surface area contributed by atoms with Crippen LogP contribution in [0.5, 0.6) is 11.5 Å². The Kier molecular flexibility index (Phi) is 8.43. The minimum atomic E-state index is -1.01. The van der Waals surface area contributed by atoms with Gasteiger partial charge in [-0.2, -0.15) is 4.80 Å². The molecule has 12 heteroatoms. The summed E-state index contributed by atoms with van der Waals surface area (Å²) in [6, 6.07) is 11.2. The lowest BCUT2D eigenvalue weighted by Gasteiger charge is -2.31. The number of furan rings is 2. The number of nitrogens with zero attached hydrogens (tertiary/aromatic N) is 5. The molecule has 12 nitrogen and oxygen atoms in total. The highest BCUT2D eigenvalue weighted by molar-refractivity contribution is 5.88. The Morgan fingerprint density at radius 1 is 1.05 bits per heavy atom. The number of carbonyl (C=O) groups excluding carboxylic acids is 2. The smallest absolute Gasteiger partial charge is 0.250 e. The lowest BCUT2D eigenvalue weighted by atomic mass is 9.95. The topological polar surface area (TPSA) is 138 Å². The van der Waals surface area contributed by atoms with Crippen LogP contribution in [0.3, 0.4) is 0 Å². The van der Waals surface area contributed by atoms with Gasteiger partial charge in [0.1, 0.15) is 18.1 Å². The number of amides is 2. The number of aromatic nitrogens is 4. The second-order valence-electron chi connectivity index (χ2n) is 9.58. The van der Waals surface area contributed by atoms with E-state index in [-0.39, 0.29) is 25.0 Å². The third-order valence-corrected chi connectivity index (χ3v) is 6.92. The second-order valence-corrected chi connectivity index (χ2v) is 9.58. The number of nitrogens with one attached hydrogen (secondary N) is 1. The first-order valence-corrected chi connectivity index (χ1v) is 13.2. The Labute approximate surface area is 231 Å². The highest BCUT2D eigenvalue weighted by Gasteiger charge is 2.35. The van der Waals surface area contributed by atoms with Gasteiger partial charge in [-0.05, 0) is 60.5 Å². The van der Waals surface area contributed by atoms with Crippen LogP contribution in [-0.4, -0.2) is 57.2 Å². The fraction of sp³-hybridized carbons (Fsp3) is 0.393. The van der Waals surface area contributed by atoms with Crippen LogP contribution in [-0.2, 0) is 22.7 Å². The van der Waals surface area contributed by atoms with Crippen molar-refractivity contribution in [2.75, 3.05) is 14.2 Å². The number of methoxy groups -OCH3 is 2. The third-order valence-electron chi connectivity index (χ3n) is 6.92. The third kappa shape index (κ3) is 6.16. The molecule has 0 spiro atoms. The van der Waals surface area contributed by atoms with Gasteiger partial charge in [0.15, 0.2) is 17.5 Å². The summed E-state index contributed by atoms with van der Waals surface area (Å²) in [6.45, 7) is -0.207. The van der Waals surface area contributed by atoms with E-state index >= 15 is 0 Å². The van der Waals surface area contributed by atoms with Gasteiger partial charge in [-0.15, -0.1) is 10.2 Å². The van der Waals surface area contributed by atoms with E-state index in [0.29, 0.717) is 34.4 Å². The van der Waals surface area contributed by atoms with Gasteiger partial charge in [-0.1, -0.05) is 19.3 Å². The largest absolute Gasteiger partial charge is 0.493 e. The molecule has 3 aromatic heterocycles. The summed E-state index contributed by atoms with van der Waals surface area (Å²) in [6.07, 6.45) is 8.11. The number of rotatable bonds is 11. The van der Waals surface area contributed by atoms with Gasteiger partial charge >= 0.3 is 0 Å².